The third-order valence-electron chi connectivity index (χ3n) is 4.56. The standard InChI is InChI=1S/C17H21FN4O4/c1-26-11-10-21-15(23)16(24)22(17(21)25)12-19-6-8-20(9-7-19)14-4-2-13(18)3-5-14/h2-5H,6-12H2,1H3. The largest absolute Gasteiger partial charge is 0.383 e. The first-order valence-electron chi connectivity index (χ1n) is 8.40. The molecule has 0 radical (unpaired) electrons. The Hall–Kier alpha value is -2.52. The molecule has 2 saturated heterocycles. The first kappa shape index (κ1) is 18.3. The molecule has 0 aliphatic carbocycles. The van der Waals surface area contributed by atoms with E-state index in [0.29, 0.717) is 26.2 Å². The van der Waals surface area contributed by atoms with Crippen molar-refractivity contribution < 1.29 is 23.5 Å². The summed E-state index contributed by atoms with van der Waals surface area (Å²) in [7, 11) is 1.46. The van der Waals surface area contributed by atoms with Crippen molar-refractivity contribution in [3.8, 4) is 0 Å². The second kappa shape index (κ2) is 7.79. The van der Waals surface area contributed by atoms with E-state index in [9.17, 15) is 18.8 Å². The van der Waals surface area contributed by atoms with Crippen LogP contribution in [-0.2, 0) is 14.3 Å². The molecule has 4 amide bonds. The van der Waals surface area contributed by atoms with Crippen LogP contribution in [0.4, 0.5) is 14.9 Å². The van der Waals surface area contributed by atoms with Gasteiger partial charge in [0.15, 0.2) is 0 Å². The molecular weight excluding hydrogens is 343 g/mol. The number of piperazine rings is 1. The fourth-order valence-electron chi connectivity index (χ4n) is 3.05. The van der Waals surface area contributed by atoms with E-state index in [1.165, 1.54) is 19.2 Å². The van der Waals surface area contributed by atoms with Crippen LogP contribution < -0.4 is 4.90 Å². The summed E-state index contributed by atoms with van der Waals surface area (Å²) >= 11 is 0. The molecule has 0 bridgehead atoms. The van der Waals surface area contributed by atoms with Gasteiger partial charge in [-0.25, -0.2) is 14.1 Å². The first-order valence-corrected chi connectivity index (χ1v) is 8.40. The number of anilines is 1. The minimum absolute atomic E-state index is 0.0642. The molecule has 3 rings (SSSR count). The van der Waals surface area contributed by atoms with E-state index >= 15 is 0 Å². The number of ether oxygens (including phenoxy) is 1. The summed E-state index contributed by atoms with van der Waals surface area (Å²) < 4.78 is 17.9. The van der Waals surface area contributed by atoms with Crippen molar-refractivity contribution in [3.63, 3.8) is 0 Å². The van der Waals surface area contributed by atoms with Gasteiger partial charge in [-0.05, 0) is 24.3 Å². The minimum Gasteiger partial charge on any atom is -0.383 e. The Labute approximate surface area is 150 Å². The van der Waals surface area contributed by atoms with Crippen molar-refractivity contribution >= 4 is 23.5 Å². The predicted molar refractivity (Wildman–Crippen MR) is 90.9 cm³/mol. The molecule has 2 aliphatic rings. The molecule has 2 fully saturated rings. The van der Waals surface area contributed by atoms with Crippen molar-refractivity contribution in [2.75, 3.05) is 58.0 Å². The number of hydrogen-bond acceptors (Lipinski definition) is 6. The Morgan fingerprint density at radius 3 is 2.19 bits per heavy atom. The summed E-state index contributed by atoms with van der Waals surface area (Å²) in [4.78, 5) is 42.3. The van der Waals surface area contributed by atoms with Crippen molar-refractivity contribution in [1.82, 2.24) is 14.7 Å². The van der Waals surface area contributed by atoms with Crippen LogP contribution in [0.25, 0.3) is 0 Å². The Balaban J connectivity index is 1.55. The molecule has 1 aromatic carbocycles. The molecule has 0 atom stereocenters. The Bertz CT molecular complexity index is 689. The summed E-state index contributed by atoms with van der Waals surface area (Å²) in [5.41, 5.74) is 0.931. The van der Waals surface area contributed by atoms with Crippen LogP contribution in [0.2, 0.25) is 0 Å². The lowest BCUT2D eigenvalue weighted by Crippen LogP contribution is -2.51. The predicted octanol–water partition coefficient (Wildman–Crippen LogP) is 0.342. The second-order valence-corrected chi connectivity index (χ2v) is 6.19. The molecule has 2 heterocycles. The Morgan fingerprint density at radius 1 is 0.962 bits per heavy atom. The molecule has 0 aromatic heterocycles. The number of carbonyl (C=O) groups excluding carboxylic acids is 3. The van der Waals surface area contributed by atoms with Gasteiger partial charge in [-0.2, -0.15) is 0 Å². The highest BCUT2D eigenvalue weighted by atomic mass is 19.1. The van der Waals surface area contributed by atoms with E-state index < -0.39 is 17.8 Å². The van der Waals surface area contributed by atoms with Gasteiger partial charge in [0.05, 0.1) is 19.8 Å². The van der Waals surface area contributed by atoms with E-state index in [0.717, 1.165) is 15.5 Å². The van der Waals surface area contributed by atoms with Crippen molar-refractivity contribution in [3.05, 3.63) is 30.1 Å². The van der Waals surface area contributed by atoms with Crippen LogP contribution >= 0.6 is 0 Å². The monoisotopic (exact) mass is 364 g/mol. The molecule has 140 valence electrons. The van der Waals surface area contributed by atoms with E-state index in [2.05, 4.69) is 4.90 Å². The average molecular weight is 364 g/mol. The zero-order chi connectivity index (χ0) is 18.7. The van der Waals surface area contributed by atoms with Crippen LogP contribution in [0.5, 0.6) is 0 Å². The first-order chi connectivity index (χ1) is 12.5. The highest BCUT2D eigenvalue weighted by molar-refractivity contribution is 6.44. The lowest BCUT2D eigenvalue weighted by molar-refractivity contribution is -0.144. The number of methoxy groups -OCH3 is 1. The maximum Gasteiger partial charge on any atom is 0.335 e. The van der Waals surface area contributed by atoms with Crippen molar-refractivity contribution in [2.45, 2.75) is 0 Å². The van der Waals surface area contributed by atoms with Gasteiger partial charge in [-0.1, -0.05) is 0 Å². The number of amides is 4. The summed E-state index contributed by atoms with van der Waals surface area (Å²) in [6, 6.07) is 5.70. The zero-order valence-electron chi connectivity index (χ0n) is 14.6. The van der Waals surface area contributed by atoms with Crippen LogP contribution in [0.15, 0.2) is 24.3 Å². The van der Waals surface area contributed by atoms with Gasteiger partial charge in [-0.15, -0.1) is 0 Å². The van der Waals surface area contributed by atoms with Gasteiger partial charge in [0.25, 0.3) is 0 Å². The SMILES string of the molecule is COCCN1C(=O)C(=O)N(CN2CCN(c3ccc(F)cc3)CC2)C1=O. The molecule has 0 unspecified atom stereocenters. The number of hydrogen-bond donors (Lipinski definition) is 0. The van der Waals surface area contributed by atoms with Crippen LogP contribution in [-0.4, -0.2) is 85.7 Å². The lowest BCUT2D eigenvalue weighted by Gasteiger charge is -2.37. The smallest absolute Gasteiger partial charge is 0.335 e. The number of rotatable bonds is 6. The van der Waals surface area contributed by atoms with Crippen LogP contribution in [0.3, 0.4) is 0 Å². The zero-order valence-corrected chi connectivity index (χ0v) is 14.6. The maximum absolute atomic E-state index is 13.0. The Kier molecular flexibility index (Phi) is 5.48. The van der Waals surface area contributed by atoms with Crippen molar-refractivity contribution in [2.24, 2.45) is 0 Å². The maximum atomic E-state index is 13.0. The van der Waals surface area contributed by atoms with E-state index in [1.807, 2.05) is 4.90 Å². The summed E-state index contributed by atoms with van der Waals surface area (Å²) in [5, 5.41) is 0. The number of urea groups is 1. The van der Waals surface area contributed by atoms with Gasteiger partial charge >= 0.3 is 17.8 Å². The third kappa shape index (κ3) is 3.68. The molecule has 2 aliphatic heterocycles. The van der Waals surface area contributed by atoms with Gasteiger partial charge in [0, 0.05) is 39.0 Å². The number of halogens is 1. The minimum atomic E-state index is -0.808. The highest BCUT2D eigenvalue weighted by Gasteiger charge is 2.44. The van der Waals surface area contributed by atoms with Gasteiger partial charge < -0.3 is 9.64 Å². The molecule has 0 spiro atoms. The average Bonchev–Trinajstić information content (AvgIpc) is 2.85. The number of nitrogens with zero attached hydrogens (tertiary/aromatic N) is 4. The number of benzene rings is 1. The number of imide groups is 2. The molecule has 9 heteroatoms. The molecule has 0 saturated carbocycles. The van der Waals surface area contributed by atoms with Gasteiger partial charge in [0.2, 0.25) is 0 Å². The third-order valence-corrected chi connectivity index (χ3v) is 4.56. The van der Waals surface area contributed by atoms with Crippen LogP contribution in [0, 0.1) is 5.82 Å². The summed E-state index contributed by atoms with van der Waals surface area (Å²) in [5.74, 6) is -1.88. The van der Waals surface area contributed by atoms with Gasteiger partial charge in [-0.3, -0.25) is 19.4 Å². The second-order valence-electron chi connectivity index (χ2n) is 6.19. The molecule has 26 heavy (non-hydrogen) atoms. The Morgan fingerprint density at radius 2 is 1.58 bits per heavy atom. The van der Waals surface area contributed by atoms with Crippen molar-refractivity contribution in [1.29, 1.82) is 0 Å². The molecule has 1 aromatic rings. The molecular formula is C17H21FN4O4. The van der Waals surface area contributed by atoms with E-state index in [1.54, 1.807) is 12.1 Å². The fraction of sp³-hybridized carbons (Fsp3) is 0.471. The number of carbonyl (C=O) groups is 3. The normalized spacial score (nSPS) is 19.0. The lowest BCUT2D eigenvalue weighted by atomic mass is 10.2. The summed E-state index contributed by atoms with van der Waals surface area (Å²) in [6.07, 6.45) is 0. The van der Waals surface area contributed by atoms with E-state index in [-0.39, 0.29) is 25.6 Å². The fourth-order valence-corrected chi connectivity index (χ4v) is 3.05. The molecule has 0 N–H and O–H groups in total. The van der Waals surface area contributed by atoms with Crippen LogP contribution in [0.1, 0.15) is 0 Å². The van der Waals surface area contributed by atoms with Gasteiger partial charge in [0.1, 0.15) is 5.82 Å². The topological polar surface area (TPSA) is 73.4 Å². The highest BCUT2D eigenvalue weighted by Crippen LogP contribution is 2.18. The summed E-state index contributed by atoms with van der Waals surface area (Å²) in [6.45, 7) is 2.96. The molecule has 8 nitrogen and oxygen atoms in total. The van der Waals surface area contributed by atoms with E-state index in [4.69, 9.17) is 4.74 Å². The quantitative estimate of drug-likeness (QED) is 0.536.